The maximum absolute atomic E-state index is 12.6. The first kappa shape index (κ1) is 23.0. The molecule has 0 atom stereocenters. The van der Waals surface area contributed by atoms with E-state index in [2.05, 4.69) is 10.8 Å². The highest BCUT2D eigenvalue weighted by atomic mass is 32.2. The molecule has 1 fully saturated rings. The molecule has 0 radical (unpaired) electrons. The molecule has 1 aromatic heterocycles. The van der Waals surface area contributed by atoms with Gasteiger partial charge in [0.25, 0.3) is 0 Å². The number of alkyl halides is 3. The number of nitrogens with zero attached hydrogens (tertiary/aromatic N) is 2. The average Bonchev–Trinajstić information content (AvgIpc) is 3.54. The van der Waals surface area contributed by atoms with Crippen LogP contribution < -0.4 is 9.46 Å². The summed E-state index contributed by atoms with van der Waals surface area (Å²) in [6, 6.07) is 13.3. The first-order valence-electron chi connectivity index (χ1n) is 10.4. The maximum Gasteiger partial charge on any atom is 0.422 e. The molecule has 1 aliphatic carbocycles. The van der Waals surface area contributed by atoms with Gasteiger partial charge in [-0.3, -0.25) is 4.72 Å². The van der Waals surface area contributed by atoms with Crippen LogP contribution in [0.15, 0.2) is 42.5 Å². The number of rotatable bonds is 7. The number of hydrogen-bond donors (Lipinski definition) is 1. The fourth-order valence-corrected chi connectivity index (χ4v) is 5.19. The molecule has 174 valence electrons. The van der Waals surface area contributed by atoms with Gasteiger partial charge in [0, 0.05) is 23.2 Å². The largest absolute Gasteiger partial charge is 0.484 e. The second-order valence-electron chi connectivity index (χ2n) is 8.31. The van der Waals surface area contributed by atoms with Gasteiger partial charge >= 0.3 is 6.18 Å². The van der Waals surface area contributed by atoms with Gasteiger partial charge in [0.2, 0.25) is 10.0 Å². The molecule has 1 saturated carbocycles. The molecule has 0 unspecified atom stereocenters. The Bertz CT molecular complexity index is 1330. The number of aromatic nitrogens is 1. The third-order valence-electron chi connectivity index (χ3n) is 5.39. The second kappa shape index (κ2) is 8.30. The van der Waals surface area contributed by atoms with Crippen LogP contribution in [0.5, 0.6) is 5.75 Å². The average molecular weight is 478 g/mol. The highest BCUT2D eigenvalue weighted by Crippen LogP contribution is 2.38. The predicted molar refractivity (Wildman–Crippen MR) is 120 cm³/mol. The van der Waals surface area contributed by atoms with Crippen molar-refractivity contribution in [3.05, 3.63) is 48.0 Å². The molecular formula is C23H22F3N3O3S. The SMILES string of the molecule is CC(C)n1c(-c2ccc(NS(=O)(=O)C3CC3)cc2)c(C#N)c2ccc(OCC(F)(F)F)cc21. The monoisotopic (exact) mass is 477 g/mol. The van der Waals surface area contributed by atoms with Crippen LogP contribution in [0.25, 0.3) is 22.2 Å². The van der Waals surface area contributed by atoms with Crippen LogP contribution >= 0.6 is 0 Å². The number of nitrogens with one attached hydrogen (secondary N) is 1. The number of nitriles is 1. The Morgan fingerprint density at radius 2 is 1.85 bits per heavy atom. The van der Waals surface area contributed by atoms with Crippen molar-refractivity contribution in [1.82, 2.24) is 4.57 Å². The number of anilines is 1. The highest BCUT2D eigenvalue weighted by molar-refractivity contribution is 7.93. The third-order valence-corrected chi connectivity index (χ3v) is 7.26. The number of fused-ring (bicyclic) bond motifs is 1. The minimum atomic E-state index is -4.46. The van der Waals surface area contributed by atoms with Gasteiger partial charge in [0.1, 0.15) is 11.8 Å². The Kier molecular flexibility index (Phi) is 5.78. The summed E-state index contributed by atoms with van der Waals surface area (Å²) in [5.41, 5.74) is 2.68. The van der Waals surface area contributed by atoms with Gasteiger partial charge in [-0.05, 0) is 56.5 Å². The van der Waals surface area contributed by atoms with E-state index in [1.54, 1.807) is 30.3 Å². The van der Waals surface area contributed by atoms with E-state index in [9.17, 15) is 26.9 Å². The normalized spacial score (nSPS) is 14.5. The summed E-state index contributed by atoms with van der Waals surface area (Å²) in [6.07, 6.45) is -3.15. The molecule has 0 spiro atoms. The molecule has 0 aliphatic heterocycles. The van der Waals surface area contributed by atoms with Crippen molar-refractivity contribution in [3.8, 4) is 23.1 Å². The number of halogens is 3. The molecule has 1 heterocycles. The number of ether oxygens (including phenoxy) is 1. The molecule has 0 bridgehead atoms. The van der Waals surface area contributed by atoms with E-state index in [1.165, 1.54) is 12.1 Å². The minimum Gasteiger partial charge on any atom is -0.484 e. The first-order chi connectivity index (χ1) is 15.5. The van der Waals surface area contributed by atoms with Crippen molar-refractivity contribution in [2.24, 2.45) is 0 Å². The van der Waals surface area contributed by atoms with Gasteiger partial charge < -0.3 is 9.30 Å². The van der Waals surface area contributed by atoms with Crippen LogP contribution in [0.4, 0.5) is 18.9 Å². The Hall–Kier alpha value is -3.19. The molecule has 33 heavy (non-hydrogen) atoms. The molecule has 0 amide bonds. The number of benzene rings is 2. The zero-order valence-electron chi connectivity index (χ0n) is 18.0. The van der Waals surface area contributed by atoms with Gasteiger partial charge in [-0.15, -0.1) is 0 Å². The molecule has 6 nitrogen and oxygen atoms in total. The number of sulfonamides is 1. The summed E-state index contributed by atoms with van der Waals surface area (Å²) < 4.78 is 71.4. The van der Waals surface area contributed by atoms with Crippen molar-refractivity contribution in [3.63, 3.8) is 0 Å². The van der Waals surface area contributed by atoms with Crippen molar-refractivity contribution < 1.29 is 26.3 Å². The van der Waals surface area contributed by atoms with Crippen LogP contribution in [0, 0.1) is 11.3 Å². The Morgan fingerprint density at radius 3 is 2.39 bits per heavy atom. The van der Waals surface area contributed by atoms with Gasteiger partial charge in [-0.2, -0.15) is 18.4 Å². The lowest BCUT2D eigenvalue weighted by atomic mass is 10.1. The van der Waals surface area contributed by atoms with Crippen molar-refractivity contribution in [1.29, 1.82) is 5.26 Å². The topological polar surface area (TPSA) is 84.1 Å². The maximum atomic E-state index is 12.6. The van der Waals surface area contributed by atoms with Gasteiger partial charge in [0.15, 0.2) is 6.61 Å². The summed E-state index contributed by atoms with van der Waals surface area (Å²) in [7, 11) is -3.39. The van der Waals surface area contributed by atoms with Crippen LogP contribution in [0.2, 0.25) is 0 Å². The van der Waals surface area contributed by atoms with Gasteiger partial charge in [-0.1, -0.05) is 12.1 Å². The Morgan fingerprint density at radius 1 is 1.18 bits per heavy atom. The molecule has 4 rings (SSSR count). The fraction of sp³-hybridized carbons (Fsp3) is 0.348. The van der Waals surface area contributed by atoms with Crippen molar-refractivity contribution >= 4 is 26.6 Å². The van der Waals surface area contributed by atoms with Crippen molar-refractivity contribution in [2.45, 2.75) is 44.2 Å². The van der Waals surface area contributed by atoms with E-state index in [4.69, 9.17) is 4.74 Å². The van der Waals surface area contributed by atoms with E-state index >= 15 is 0 Å². The second-order valence-corrected chi connectivity index (χ2v) is 10.3. The lowest BCUT2D eigenvalue weighted by Crippen LogP contribution is -2.19. The van der Waals surface area contributed by atoms with E-state index in [-0.39, 0.29) is 17.0 Å². The highest BCUT2D eigenvalue weighted by Gasteiger charge is 2.35. The quantitative estimate of drug-likeness (QED) is 0.480. The summed E-state index contributed by atoms with van der Waals surface area (Å²) in [4.78, 5) is 0. The van der Waals surface area contributed by atoms with E-state index in [0.717, 1.165) is 0 Å². The fourth-order valence-electron chi connectivity index (χ4n) is 3.80. The molecule has 1 aliphatic rings. The summed E-state index contributed by atoms with van der Waals surface area (Å²) in [6.45, 7) is 2.41. The Balaban J connectivity index is 1.76. The van der Waals surface area contributed by atoms with E-state index in [0.29, 0.717) is 46.3 Å². The molecule has 10 heteroatoms. The third kappa shape index (κ3) is 4.78. The molecule has 1 N–H and O–H groups in total. The van der Waals surface area contributed by atoms with Gasteiger partial charge in [-0.25, -0.2) is 8.42 Å². The van der Waals surface area contributed by atoms with Crippen LogP contribution in [-0.4, -0.2) is 31.0 Å². The summed E-state index contributed by atoms with van der Waals surface area (Å²) >= 11 is 0. The summed E-state index contributed by atoms with van der Waals surface area (Å²) in [5.74, 6) is 0.0556. The zero-order chi connectivity index (χ0) is 24.0. The van der Waals surface area contributed by atoms with Crippen LogP contribution in [0.3, 0.4) is 0 Å². The molecule has 3 aromatic rings. The minimum absolute atomic E-state index is 0.0556. The smallest absolute Gasteiger partial charge is 0.422 e. The molecular weight excluding hydrogens is 455 g/mol. The van der Waals surface area contributed by atoms with E-state index < -0.39 is 22.8 Å². The van der Waals surface area contributed by atoms with Crippen molar-refractivity contribution in [2.75, 3.05) is 11.3 Å². The molecule has 0 saturated heterocycles. The lowest BCUT2D eigenvalue weighted by Gasteiger charge is -2.16. The van der Waals surface area contributed by atoms with Crippen LogP contribution in [-0.2, 0) is 10.0 Å². The van der Waals surface area contributed by atoms with Gasteiger partial charge in [0.05, 0.1) is 22.0 Å². The summed E-state index contributed by atoms with van der Waals surface area (Å²) in [5, 5.41) is 10.1. The molecule has 2 aromatic carbocycles. The zero-order valence-corrected chi connectivity index (χ0v) is 18.8. The van der Waals surface area contributed by atoms with Crippen LogP contribution in [0.1, 0.15) is 38.3 Å². The van der Waals surface area contributed by atoms with E-state index in [1.807, 2.05) is 18.4 Å². The first-order valence-corrected chi connectivity index (χ1v) is 11.9. The standard InChI is InChI=1S/C23H22F3N3O3S/c1-14(2)29-21-11-17(32-13-23(24,25)26)7-10-19(21)20(12-27)22(29)15-3-5-16(6-4-15)28-33(30,31)18-8-9-18/h3-7,10-11,14,18,28H,8-9,13H2,1-2H3. The Labute approximate surface area is 189 Å². The lowest BCUT2D eigenvalue weighted by molar-refractivity contribution is -0.153. The number of hydrogen-bond acceptors (Lipinski definition) is 4. The predicted octanol–water partition coefficient (Wildman–Crippen LogP) is 5.61.